The van der Waals surface area contributed by atoms with Crippen molar-refractivity contribution in [2.45, 2.75) is 19.5 Å². The number of methoxy groups -OCH3 is 1. The number of ether oxygens (including phenoxy) is 1. The maximum Gasteiger partial charge on any atom is 0.128 e. The van der Waals surface area contributed by atoms with Crippen LogP contribution in [0.25, 0.3) is 0 Å². The Morgan fingerprint density at radius 3 is 2.75 bits per heavy atom. The molecule has 1 aromatic heterocycles. The van der Waals surface area contributed by atoms with Gasteiger partial charge in [0.25, 0.3) is 0 Å². The van der Waals surface area contributed by atoms with Crippen molar-refractivity contribution in [3.05, 3.63) is 53.7 Å². The van der Waals surface area contributed by atoms with Crippen molar-refractivity contribution < 1.29 is 4.74 Å². The maximum atomic E-state index is 5.91. The van der Waals surface area contributed by atoms with Crippen LogP contribution in [-0.4, -0.2) is 19.1 Å². The highest BCUT2D eigenvalue weighted by Crippen LogP contribution is 2.22. The number of hydrogen-bond acceptors (Lipinski definition) is 4. The van der Waals surface area contributed by atoms with E-state index in [4.69, 9.17) is 10.5 Å². The van der Waals surface area contributed by atoms with Gasteiger partial charge in [-0.2, -0.15) is 0 Å². The van der Waals surface area contributed by atoms with E-state index in [-0.39, 0.29) is 6.04 Å². The molecule has 0 radical (unpaired) electrons. The number of benzene rings is 1. The van der Waals surface area contributed by atoms with Crippen LogP contribution in [0.5, 0.6) is 5.75 Å². The van der Waals surface area contributed by atoms with E-state index in [0.29, 0.717) is 0 Å². The van der Waals surface area contributed by atoms with Crippen molar-refractivity contribution in [1.82, 2.24) is 4.98 Å². The summed E-state index contributed by atoms with van der Waals surface area (Å²) in [5, 5.41) is 0. The number of pyridine rings is 1. The summed E-state index contributed by atoms with van der Waals surface area (Å²) in [5.41, 5.74) is 8.13. The lowest BCUT2D eigenvalue weighted by atomic mass is 10.1. The molecule has 0 aliphatic carbocycles. The molecule has 20 heavy (non-hydrogen) atoms. The van der Waals surface area contributed by atoms with E-state index in [0.717, 1.165) is 29.2 Å². The van der Waals surface area contributed by atoms with Gasteiger partial charge in [0, 0.05) is 31.4 Å². The summed E-state index contributed by atoms with van der Waals surface area (Å²) in [6.07, 6.45) is 1.80. The average Bonchev–Trinajstić information content (AvgIpc) is 2.48. The molecule has 0 spiro atoms. The van der Waals surface area contributed by atoms with Gasteiger partial charge in [0.05, 0.1) is 7.11 Å². The number of nitrogens with zero attached hydrogens (tertiary/aromatic N) is 2. The minimum atomic E-state index is 0.0106. The highest BCUT2D eigenvalue weighted by molar-refractivity contribution is 5.44. The Balaban J connectivity index is 2.19. The molecule has 0 aliphatic rings. The molecule has 2 aromatic rings. The largest absolute Gasteiger partial charge is 0.496 e. The molecular weight excluding hydrogens is 250 g/mol. The SMILES string of the molecule is COc1ccccc1CN(C)c1cc([C@H](C)N)ccn1. The van der Waals surface area contributed by atoms with Gasteiger partial charge in [-0.3, -0.25) is 0 Å². The number of nitrogens with two attached hydrogens (primary N) is 1. The van der Waals surface area contributed by atoms with Crippen LogP contribution < -0.4 is 15.4 Å². The van der Waals surface area contributed by atoms with Crippen molar-refractivity contribution in [2.24, 2.45) is 5.73 Å². The van der Waals surface area contributed by atoms with E-state index >= 15 is 0 Å². The van der Waals surface area contributed by atoms with Crippen LogP contribution in [-0.2, 0) is 6.54 Å². The van der Waals surface area contributed by atoms with E-state index in [1.807, 2.05) is 44.3 Å². The fraction of sp³-hybridized carbons (Fsp3) is 0.312. The standard InChI is InChI=1S/C16H21N3O/c1-12(17)13-8-9-18-16(10-13)19(2)11-14-6-4-5-7-15(14)20-3/h4-10,12H,11,17H2,1-3H3/t12-/m0/s1. The first-order valence-corrected chi connectivity index (χ1v) is 6.66. The van der Waals surface area contributed by atoms with Crippen LogP contribution in [0.2, 0.25) is 0 Å². The minimum Gasteiger partial charge on any atom is -0.496 e. The van der Waals surface area contributed by atoms with Crippen LogP contribution in [0.3, 0.4) is 0 Å². The number of para-hydroxylation sites is 1. The van der Waals surface area contributed by atoms with Crippen LogP contribution >= 0.6 is 0 Å². The lowest BCUT2D eigenvalue weighted by molar-refractivity contribution is 0.409. The molecule has 0 unspecified atom stereocenters. The van der Waals surface area contributed by atoms with Gasteiger partial charge in [0.2, 0.25) is 0 Å². The first kappa shape index (κ1) is 14.3. The molecule has 0 saturated carbocycles. The van der Waals surface area contributed by atoms with Crippen molar-refractivity contribution in [2.75, 3.05) is 19.1 Å². The topological polar surface area (TPSA) is 51.4 Å². The molecule has 0 saturated heterocycles. The number of hydrogen-bond donors (Lipinski definition) is 1. The van der Waals surface area contributed by atoms with Crippen LogP contribution in [0, 0.1) is 0 Å². The maximum absolute atomic E-state index is 5.91. The van der Waals surface area contributed by atoms with Crippen molar-refractivity contribution in [1.29, 1.82) is 0 Å². The molecule has 0 fully saturated rings. The minimum absolute atomic E-state index is 0.0106. The summed E-state index contributed by atoms with van der Waals surface area (Å²) in [4.78, 5) is 6.49. The molecule has 0 amide bonds. The Morgan fingerprint density at radius 1 is 1.30 bits per heavy atom. The smallest absolute Gasteiger partial charge is 0.128 e. The van der Waals surface area contributed by atoms with Crippen LogP contribution in [0.1, 0.15) is 24.1 Å². The fourth-order valence-corrected chi connectivity index (χ4v) is 2.10. The molecule has 4 heteroatoms. The van der Waals surface area contributed by atoms with Gasteiger partial charge in [-0.25, -0.2) is 4.98 Å². The van der Waals surface area contributed by atoms with Gasteiger partial charge in [0.1, 0.15) is 11.6 Å². The molecule has 0 aliphatic heterocycles. The van der Waals surface area contributed by atoms with Crippen LogP contribution in [0.4, 0.5) is 5.82 Å². The first-order valence-electron chi connectivity index (χ1n) is 6.66. The summed E-state index contributed by atoms with van der Waals surface area (Å²) in [7, 11) is 3.70. The Labute approximate surface area is 120 Å². The third-order valence-corrected chi connectivity index (χ3v) is 3.29. The summed E-state index contributed by atoms with van der Waals surface area (Å²) < 4.78 is 5.38. The molecule has 4 nitrogen and oxygen atoms in total. The number of rotatable bonds is 5. The Morgan fingerprint density at radius 2 is 2.05 bits per heavy atom. The van der Waals surface area contributed by atoms with E-state index in [1.54, 1.807) is 13.3 Å². The summed E-state index contributed by atoms with van der Waals surface area (Å²) >= 11 is 0. The van der Waals surface area contributed by atoms with Gasteiger partial charge >= 0.3 is 0 Å². The molecule has 0 bridgehead atoms. The Bertz CT molecular complexity index is 569. The normalized spacial score (nSPS) is 12.0. The average molecular weight is 271 g/mol. The van der Waals surface area contributed by atoms with Gasteiger partial charge in [-0.1, -0.05) is 18.2 Å². The quantitative estimate of drug-likeness (QED) is 0.908. The summed E-state index contributed by atoms with van der Waals surface area (Å²) in [6, 6.07) is 12.0. The second kappa shape index (κ2) is 6.39. The van der Waals surface area contributed by atoms with Gasteiger partial charge < -0.3 is 15.4 Å². The predicted molar refractivity (Wildman–Crippen MR) is 81.9 cm³/mol. The van der Waals surface area contributed by atoms with Crippen molar-refractivity contribution >= 4 is 5.82 Å². The Kier molecular flexibility index (Phi) is 4.58. The second-order valence-electron chi connectivity index (χ2n) is 4.90. The molecule has 1 aromatic carbocycles. The monoisotopic (exact) mass is 271 g/mol. The molecule has 1 heterocycles. The van der Waals surface area contributed by atoms with Gasteiger partial charge in [-0.05, 0) is 30.7 Å². The Hall–Kier alpha value is -2.07. The summed E-state index contributed by atoms with van der Waals surface area (Å²) in [5.74, 6) is 1.80. The molecular formula is C16H21N3O. The second-order valence-corrected chi connectivity index (χ2v) is 4.90. The van der Waals surface area contributed by atoms with E-state index < -0.39 is 0 Å². The highest BCUT2D eigenvalue weighted by Gasteiger charge is 2.09. The highest BCUT2D eigenvalue weighted by atomic mass is 16.5. The predicted octanol–water partition coefficient (Wildman–Crippen LogP) is 2.75. The van der Waals surface area contributed by atoms with Crippen molar-refractivity contribution in [3.63, 3.8) is 0 Å². The van der Waals surface area contributed by atoms with Gasteiger partial charge in [0.15, 0.2) is 0 Å². The summed E-state index contributed by atoms with van der Waals surface area (Å²) in [6.45, 7) is 2.71. The lowest BCUT2D eigenvalue weighted by Crippen LogP contribution is -2.18. The lowest BCUT2D eigenvalue weighted by Gasteiger charge is -2.20. The van der Waals surface area contributed by atoms with E-state index in [9.17, 15) is 0 Å². The van der Waals surface area contributed by atoms with Gasteiger partial charge in [-0.15, -0.1) is 0 Å². The van der Waals surface area contributed by atoms with Crippen LogP contribution in [0.15, 0.2) is 42.6 Å². The molecule has 2 N–H and O–H groups in total. The van der Waals surface area contributed by atoms with E-state index in [1.165, 1.54) is 0 Å². The molecule has 2 rings (SSSR count). The number of aromatic nitrogens is 1. The first-order chi connectivity index (χ1) is 9.61. The van der Waals surface area contributed by atoms with E-state index in [2.05, 4.69) is 16.0 Å². The van der Waals surface area contributed by atoms with Crippen molar-refractivity contribution in [3.8, 4) is 5.75 Å². The zero-order chi connectivity index (χ0) is 14.5. The number of anilines is 1. The third kappa shape index (κ3) is 3.27. The third-order valence-electron chi connectivity index (χ3n) is 3.29. The zero-order valence-corrected chi connectivity index (χ0v) is 12.2. The zero-order valence-electron chi connectivity index (χ0n) is 12.2. The fourth-order valence-electron chi connectivity index (χ4n) is 2.10. The molecule has 106 valence electrons. The molecule has 1 atom stereocenters.